The summed E-state index contributed by atoms with van der Waals surface area (Å²) in [6, 6.07) is -0.286. The molecule has 7 heteroatoms. The van der Waals surface area contributed by atoms with Gasteiger partial charge in [0.1, 0.15) is 6.26 Å². The molecule has 2 aromatic heterocycles. The lowest BCUT2D eigenvalue weighted by molar-refractivity contribution is 0.250. The van der Waals surface area contributed by atoms with E-state index in [0.717, 1.165) is 24.2 Å². The normalized spacial score (nSPS) is 14.4. The number of urea groups is 1. The quantitative estimate of drug-likeness (QED) is 0.898. The summed E-state index contributed by atoms with van der Waals surface area (Å²) in [5, 5.41) is 6.21. The van der Waals surface area contributed by atoms with Crippen molar-refractivity contribution in [3.05, 3.63) is 28.4 Å². The fraction of sp³-hybridized carbons (Fsp3) is 0.562. The molecule has 0 spiro atoms. The molecule has 0 fully saturated rings. The average Bonchev–Trinajstić information content (AvgIpc) is 3.10. The van der Waals surface area contributed by atoms with Gasteiger partial charge in [0.15, 0.2) is 5.13 Å². The van der Waals surface area contributed by atoms with Crippen LogP contribution in [0.2, 0.25) is 0 Å². The van der Waals surface area contributed by atoms with E-state index >= 15 is 0 Å². The standard InChI is InChI=1S/C16H22N4O2S/c1-16(2,3)12-9-22-13(19-12)8-17-14(21)20-15-18-10-6-4-5-7-11(10)23-15/h9H,4-8H2,1-3H3,(H2,17,18,20,21). The summed E-state index contributed by atoms with van der Waals surface area (Å²) in [5.74, 6) is 0.503. The number of nitrogens with zero attached hydrogens (tertiary/aromatic N) is 2. The van der Waals surface area contributed by atoms with Gasteiger partial charge in [-0.1, -0.05) is 20.8 Å². The molecule has 23 heavy (non-hydrogen) atoms. The van der Waals surface area contributed by atoms with Crippen molar-refractivity contribution in [1.82, 2.24) is 15.3 Å². The lowest BCUT2D eigenvalue weighted by Gasteiger charge is -2.12. The Morgan fingerprint density at radius 2 is 2.09 bits per heavy atom. The van der Waals surface area contributed by atoms with Crippen molar-refractivity contribution in [2.45, 2.75) is 58.4 Å². The summed E-state index contributed by atoms with van der Waals surface area (Å²) in [6.07, 6.45) is 6.12. The molecule has 0 saturated heterocycles. The molecular formula is C16H22N4O2S. The predicted octanol–water partition coefficient (Wildman–Crippen LogP) is 3.63. The first-order valence-corrected chi connectivity index (χ1v) is 8.72. The lowest BCUT2D eigenvalue weighted by Crippen LogP contribution is -2.28. The second-order valence-corrected chi connectivity index (χ2v) is 7.86. The number of rotatable bonds is 3. The molecule has 2 N–H and O–H groups in total. The maximum atomic E-state index is 12.0. The van der Waals surface area contributed by atoms with E-state index in [2.05, 4.69) is 41.4 Å². The van der Waals surface area contributed by atoms with E-state index in [1.54, 1.807) is 17.6 Å². The van der Waals surface area contributed by atoms with Crippen LogP contribution in [0.5, 0.6) is 0 Å². The molecule has 0 unspecified atom stereocenters. The zero-order chi connectivity index (χ0) is 16.4. The Balaban J connectivity index is 1.53. The van der Waals surface area contributed by atoms with E-state index in [-0.39, 0.29) is 18.0 Å². The van der Waals surface area contributed by atoms with Crippen LogP contribution in [0.4, 0.5) is 9.93 Å². The van der Waals surface area contributed by atoms with Crippen molar-refractivity contribution in [2.75, 3.05) is 5.32 Å². The first-order valence-electron chi connectivity index (χ1n) is 7.90. The van der Waals surface area contributed by atoms with E-state index < -0.39 is 0 Å². The van der Waals surface area contributed by atoms with Crippen LogP contribution in [0, 0.1) is 0 Å². The van der Waals surface area contributed by atoms with E-state index in [4.69, 9.17) is 4.42 Å². The predicted molar refractivity (Wildman–Crippen MR) is 89.8 cm³/mol. The number of aryl methyl sites for hydroxylation is 2. The maximum Gasteiger partial charge on any atom is 0.321 e. The largest absolute Gasteiger partial charge is 0.447 e. The molecule has 0 aliphatic heterocycles. The highest BCUT2D eigenvalue weighted by atomic mass is 32.1. The number of anilines is 1. The minimum Gasteiger partial charge on any atom is -0.447 e. The number of fused-ring (bicyclic) bond motifs is 1. The molecule has 3 rings (SSSR count). The van der Waals surface area contributed by atoms with Gasteiger partial charge in [-0.2, -0.15) is 0 Å². The summed E-state index contributed by atoms with van der Waals surface area (Å²) in [7, 11) is 0. The molecule has 0 saturated carbocycles. The molecule has 2 amide bonds. The van der Waals surface area contributed by atoms with Crippen molar-refractivity contribution in [3.8, 4) is 0 Å². The zero-order valence-electron chi connectivity index (χ0n) is 13.7. The Bertz CT molecular complexity index is 676. The van der Waals surface area contributed by atoms with E-state index in [1.165, 1.54) is 17.7 Å². The van der Waals surface area contributed by atoms with E-state index in [1.807, 2.05) is 0 Å². The molecule has 2 heterocycles. The van der Waals surface area contributed by atoms with Gasteiger partial charge in [0.05, 0.1) is 17.9 Å². The molecule has 0 atom stereocenters. The molecule has 1 aliphatic carbocycles. The molecule has 124 valence electrons. The molecular weight excluding hydrogens is 312 g/mol. The van der Waals surface area contributed by atoms with Crippen molar-refractivity contribution in [2.24, 2.45) is 0 Å². The molecule has 2 aromatic rings. The number of carbonyl (C=O) groups excluding carboxylic acids is 1. The van der Waals surface area contributed by atoms with Gasteiger partial charge in [-0.3, -0.25) is 5.32 Å². The van der Waals surface area contributed by atoms with Crippen LogP contribution in [0.1, 0.15) is 55.8 Å². The van der Waals surface area contributed by atoms with Gasteiger partial charge >= 0.3 is 6.03 Å². The van der Waals surface area contributed by atoms with Crippen molar-refractivity contribution >= 4 is 22.5 Å². The number of amides is 2. The Morgan fingerprint density at radius 1 is 1.30 bits per heavy atom. The van der Waals surface area contributed by atoms with Crippen LogP contribution in [0.3, 0.4) is 0 Å². The highest BCUT2D eigenvalue weighted by Gasteiger charge is 2.19. The fourth-order valence-electron chi connectivity index (χ4n) is 2.44. The molecule has 0 radical (unpaired) electrons. The number of nitrogens with one attached hydrogen (secondary N) is 2. The first-order chi connectivity index (χ1) is 10.9. The third-order valence-corrected chi connectivity index (χ3v) is 4.86. The van der Waals surface area contributed by atoms with Gasteiger partial charge in [0.2, 0.25) is 5.89 Å². The summed E-state index contributed by atoms with van der Waals surface area (Å²) in [5.41, 5.74) is 1.95. The van der Waals surface area contributed by atoms with Crippen LogP contribution in [0.25, 0.3) is 0 Å². The third kappa shape index (κ3) is 3.90. The van der Waals surface area contributed by atoms with Crippen molar-refractivity contribution < 1.29 is 9.21 Å². The summed E-state index contributed by atoms with van der Waals surface area (Å²) in [6.45, 7) is 6.46. The smallest absolute Gasteiger partial charge is 0.321 e. The number of thiazole rings is 1. The monoisotopic (exact) mass is 334 g/mol. The Labute approximate surface area is 139 Å². The summed E-state index contributed by atoms with van der Waals surface area (Å²) >= 11 is 1.57. The number of aromatic nitrogens is 2. The maximum absolute atomic E-state index is 12.0. The van der Waals surface area contributed by atoms with Crippen LogP contribution >= 0.6 is 11.3 Å². The van der Waals surface area contributed by atoms with Gasteiger partial charge in [0, 0.05) is 10.3 Å². The molecule has 1 aliphatic rings. The summed E-state index contributed by atoms with van der Waals surface area (Å²) < 4.78 is 5.39. The molecule has 0 bridgehead atoms. The Hall–Kier alpha value is -1.89. The zero-order valence-corrected chi connectivity index (χ0v) is 14.5. The van der Waals surface area contributed by atoms with Crippen LogP contribution in [-0.2, 0) is 24.8 Å². The van der Waals surface area contributed by atoms with Gasteiger partial charge in [-0.15, -0.1) is 11.3 Å². The number of carbonyl (C=O) groups is 1. The Morgan fingerprint density at radius 3 is 2.78 bits per heavy atom. The minimum atomic E-state index is -0.286. The number of oxazole rings is 1. The van der Waals surface area contributed by atoms with Crippen molar-refractivity contribution in [3.63, 3.8) is 0 Å². The van der Waals surface area contributed by atoms with E-state index in [9.17, 15) is 4.79 Å². The summed E-state index contributed by atoms with van der Waals surface area (Å²) in [4.78, 5) is 22.2. The second kappa shape index (κ2) is 6.31. The van der Waals surface area contributed by atoms with E-state index in [0.29, 0.717) is 11.0 Å². The number of hydrogen-bond acceptors (Lipinski definition) is 5. The highest BCUT2D eigenvalue weighted by Crippen LogP contribution is 2.29. The highest BCUT2D eigenvalue weighted by molar-refractivity contribution is 7.15. The van der Waals surface area contributed by atoms with Crippen LogP contribution in [0.15, 0.2) is 10.7 Å². The molecule has 0 aromatic carbocycles. The Kier molecular flexibility index (Phi) is 4.39. The van der Waals surface area contributed by atoms with Crippen LogP contribution < -0.4 is 10.6 Å². The third-order valence-electron chi connectivity index (χ3n) is 3.79. The minimum absolute atomic E-state index is 0.0655. The first kappa shape index (κ1) is 16.0. The van der Waals surface area contributed by atoms with Gasteiger partial charge in [0.25, 0.3) is 0 Å². The van der Waals surface area contributed by atoms with Crippen molar-refractivity contribution in [1.29, 1.82) is 0 Å². The van der Waals surface area contributed by atoms with Gasteiger partial charge in [-0.05, 0) is 25.7 Å². The lowest BCUT2D eigenvalue weighted by atomic mass is 9.93. The number of hydrogen-bond donors (Lipinski definition) is 2. The van der Waals surface area contributed by atoms with Gasteiger partial charge in [-0.25, -0.2) is 14.8 Å². The fourth-order valence-corrected chi connectivity index (χ4v) is 3.48. The molecule has 6 nitrogen and oxygen atoms in total. The topological polar surface area (TPSA) is 80.0 Å². The average molecular weight is 334 g/mol. The van der Waals surface area contributed by atoms with Crippen LogP contribution in [-0.4, -0.2) is 16.0 Å². The SMILES string of the molecule is CC(C)(C)c1coc(CNC(=O)Nc2nc3c(s2)CCCC3)n1. The van der Waals surface area contributed by atoms with Gasteiger partial charge < -0.3 is 9.73 Å². The second-order valence-electron chi connectivity index (χ2n) is 6.78.